The summed E-state index contributed by atoms with van der Waals surface area (Å²) in [6.07, 6.45) is 0. The monoisotopic (exact) mass is 388 g/mol. The van der Waals surface area contributed by atoms with Gasteiger partial charge in [-0.15, -0.1) is 0 Å². The van der Waals surface area contributed by atoms with Gasteiger partial charge in [-0.05, 0) is 0 Å². The SMILES string of the molecule is c1ccc([CH2][In]([CH2]c2ccccc2)[CH2]c2ccccc2)cc1. The van der Waals surface area contributed by atoms with Crippen LogP contribution in [0.25, 0.3) is 0 Å². The average Bonchev–Trinajstić information content (AvgIpc) is 2.57. The van der Waals surface area contributed by atoms with Crippen LogP contribution >= 0.6 is 0 Å². The van der Waals surface area contributed by atoms with Gasteiger partial charge >= 0.3 is 142 Å². The normalized spacial score (nSPS) is 10.4. The molecule has 0 fully saturated rings. The topological polar surface area (TPSA) is 0 Å². The van der Waals surface area contributed by atoms with Crippen molar-refractivity contribution in [2.24, 2.45) is 0 Å². The van der Waals surface area contributed by atoms with Gasteiger partial charge in [0.2, 0.25) is 0 Å². The van der Waals surface area contributed by atoms with Crippen LogP contribution in [0.2, 0.25) is 0 Å². The second-order valence-electron chi connectivity index (χ2n) is 5.94. The van der Waals surface area contributed by atoms with Crippen LogP contribution in [0.15, 0.2) is 91.0 Å². The fourth-order valence-corrected chi connectivity index (χ4v) is 12.3. The molecule has 0 saturated carbocycles. The van der Waals surface area contributed by atoms with Gasteiger partial charge in [0.1, 0.15) is 0 Å². The van der Waals surface area contributed by atoms with Crippen LogP contribution < -0.4 is 0 Å². The maximum atomic E-state index is 2.29. The van der Waals surface area contributed by atoms with E-state index in [4.69, 9.17) is 0 Å². The number of rotatable bonds is 6. The van der Waals surface area contributed by atoms with Crippen molar-refractivity contribution in [3.05, 3.63) is 108 Å². The Labute approximate surface area is 141 Å². The zero-order valence-electron chi connectivity index (χ0n) is 12.9. The fraction of sp³-hybridized carbons (Fsp3) is 0.143. The summed E-state index contributed by atoms with van der Waals surface area (Å²) in [6, 6.07) is 33.1. The Kier molecular flexibility index (Phi) is 5.78. The van der Waals surface area contributed by atoms with Crippen LogP contribution in [0.3, 0.4) is 0 Å². The van der Waals surface area contributed by atoms with Gasteiger partial charge in [0.05, 0.1) is 0 Å². The molecule has 0 amide bonds. The van der Waals surface area contributed by atoms with Crippen LogP contribution in [-0.4, -0.2) is 21.4 Å². The fourth-order valence-electron chi connectivity index (χ4n) is 3.06. The van der Waals surface area contributed by atoms with Gasteiger partial charge in [-0.3, -0.25) is 0 Å². The van der Waals surface area contributed by atoms with Gasteiger partial charge < -0.3 is 0 Å². The van der Waals surface area contributed by atoms with E-state index in [1.807, 2.05) is 0 Å². The first kappa shape index (κ1) is 15.4. The summed E-state index contributed by atoms with van der Waals surface area (Å²) in [5.74, 6) is 0. The van der Waals surface area contributed by atoms with E-state index in [2.05, 4.69) is 91.0 Å². The van der Waals surface area contributed by atoms with Crippen LogP contribution in [0.4, 0.5) is 0 Å². The van der Waals surface area contributed by atoms with Crippen molar-refractivity contribution in [2.75, 3.05) is 0 Å². The molecule has 0 saturated heterocycles. The van der Waals surface area contributed by atoms with Crippen LogP contribution in [0.1, 0.15) is 16.7 Å². The summed E-state index contributed by atoms with van der Waals surface area (Å²) in [4.78, 5) is 0. The Morgan fingerprint density at radius 2 is 0.682 bits per heavy atom. The van der Waals surface area contributed by atoms with Crippen LogP contribution in [-0.2, 0) is 12.5 Å². The molecule has 0 aromatic heterocycles. The van der Waals surface area contributed by atoms with Crippen molar-refractivity contribution < 1.29 is 0 Å². The Morgan fingerprint density at radius 3 is 0.955 bits per heavy atom. The second kappa shape index (κ2) is 8.24. The average molecular weight is 388 g/mol. The molecule has 0 aliphatic heterocycles. The molecular weight excluding hydrogens is 367 g/mol. The van der Waals surface area contributed by atoms with E-state index >= 15 is 0 Å². The second-order valence-corrected chi connectivity index (χ2v) is 14.4. The van der Waals surface area contributed by atoms with Gasteiger partial charge in [0, 0.05) is 0 Å². The first-order chi connectivity index (χ1) is 10.9. The molecule has 0 aliphatic rings. The molecule has 22 heavy (non-hydrogen) atoms. The van der Waals surface area contributed by atoms with E-state index < -0.39 is 21.4 Å². The molecule has 3 aromatic carbocycles. The van der Waals surface area contributed by atoms with Crippen molar-refractivity contribution in [3.8, 4) is 0 Å². The predicted octanol–water partition coefficient (Wildman–Crippen LogP) is 4.83. The number of hydrogen-bond acceptors (Lipinski definition) is 0. The molecule has 0 bridgehead atoms. The van der Waals surface area contributed by atoms with Crippen molar-refractivity contribution in [1.29, 1.82) is 0 Å². The molecule has 0 heterocycles. The number of benzene rings is 3. The Hall–Kier alpha value is -1.47. The van der Waals surface area contributed by atoms with Gasteiger partial charge in [-0.1, -0.05) is 0 Å². The summed E-state index contributed by atoms with van der Waals surface area (Å²) in [5, 5.41) is 0. The molecule has 0 aliphatic carbocycles. The summed E-state index contributed by atoms with van der Waals surface area (Å²) in [7, 11) is 0. The zero-order chi connectivity index (χ0) is 15.0. The minimum atomic E-state index is -1.70. The van der Waals surface area contributed by atoms with E-state index in [0.29, 0.717) is 0 Å². The summed E-state index contributed by atoms with van der Waals surface area (Å²) < 4.78 is 4.02. The maximum absolute atomic E-state index is 2.29. The standard InChI is InChI=1S/3C7H7.In/c3*1-7-5-3-2-4-6-7;/h3*2-6H,1H2;. The molecule has 0 spiro atoms. The van der Waals surface area contributed by atoms with Crippen molar-refractivity contribution >= 4 is 21.4 Å². The summed E-state index contributed by atoms with van der Waals surface area (Å²) in [6.45, 7) is 0. The molecule has 0 unspecified atom stereocenters. The summed E-state index contributed by atoms with van der Waals surface area (Å²) in [5.41, 5.74) is 4.57. The van der Waals surface area contributed by atoms with E-state index in [0.717, 1.165) is 0 Å². The molecule has 1 heteroatoms. The van der Waals surface area contributed by atoms with E-state index in [1.165, 1.54) is 29.2 Å². The van der Waals surface area contributed by atoms with Gasteiger partial charge in [-0.25, -0.2) is 0 Å². The Bertz CT molecular complexity index is 563. The summed E-state index contributed by atoms with van der Waals surface area (Å²) >= 11 is -1.70. The Morgan fingerprint density at radius 1 is 0.409 bits per heavy atom. The Balaban J connectivity index is 1.75. The van der Waals surface area contributed by atoms with Crippen molar-refractivity contribution in [3.63, 3.8) is 0 Å². The molecule has 3 aromatic rings. The molecule has 0 radical (unpaired) electrons. The third kappa shape index (κ3) is 4.78. The molecule has 0 N–H and O–H groups in total. The first-order valence-corrected chi connectivity index (χ1v) is 15.0. The van der Waals surface area contributed by atoms with Crippen LogP contribution in [0, 0.1) is 0 Å². The third-order valence-electron chi connectivity index (χ3n) is 4.10. The molecule has 108 valence electrons. The van der Waals surface area contributed by atoms with Crippen molar-refractivity contribution in [2.45, 2.75) is 12.5 Å². The van der Waals surface area contributed by atoms with E-state index in [1.54, 1.807) is 0 Å². The van der Waals surface area contributed by atoms with E-state index in [-0.39, 0.29) is 0 Å². The molecule has 0 atom stereocenters. The third-order valence-corrected chi connectivity index (χ3v) is 13.1. The van der Waals surface area contributed by atoms with Gasteiger partial charge in [0.15, 0.2) is 0 Å². The van der Waals surface area contributed by atoms with Gasteiger partial charge in [0.25, 0.3) is 0 Å². The number of hydrogen-bond donors (Lipinski definition) is 0. The predicted molar refractivity (Wildman–Crippen MR) is 96.2 cm³/mol. The first-order valence-electron chi connectivity index (χ1n) is 8.02. The van der Waals surface area contributed by atoms with Crippen LogP contribution in [0.5, 0.6) is 0 Å². The van der Waals surface area contributed by atoms with Crippen molar-refractivity contribution in [1.82, 2.24) is 0 Å². The molecule has 3 rings (SSSR count). The minimum absolute atomic E-state index is 1.34. The molecular formula is C21H21In. The molecule has 0 nitrogen and oxygen atoms in total. The quantitative estimate of drug-likeness (QED) is 0.568. The van der Waals surface area contributed by atoms with Gasteiger partial charge in [-0.2, -0.15) is 0 Å². The zero-order valence-corrected chi connectivity index (χ0v) is 16.2. The van der Waals surface area contributed by atoms with E-state index in [9.17, 15) is 0 Å².